The molecule has 1 aliphatic heterocycles. The van der Waals surface area contributed by atoms with E-state index < -0.39 is 0 Å². The van der Waals surface area contributed by atoms with Crippen LogP contribution in [-0.2, 0) is 9.47 Å². The Kier molecular flexibility index (Phi) is 3.59. The number of nitrogens with one attached hydrogen (secondary N) is 1. The molecule has 120 valence electrons. The fourth-order valence-electron chi connectivity index (χ4n) is 2.44. The fourth-order valence-corrected chi connectivity index (χ4v) is 2.44. The summed E-state index contributed by atoms with van der Waals surface area (Å²) < 4.78 is 15.9. The van der Waals surface area contributed by atoms with E-state index in [0.29, 0.717) is 24.5 Å². The average Bonchev–Trinajstić information content (AvgIpc) is 3.10. The van der Waals surface area contributed by atoms with E-state index in [1.165, 1.54) is 6.26 Å². The third-order valence-electron chi connectivity index (χ3n) is 3.54. The summed E-state index contributed by atoms with van der Waals surface area (Å²) >= 11 is 0. The highest BCUT2D eigenvalue weighted by molar-refractivity contribution is 6.12. The highest BCUT2D eigenvalue weighted by atomic mass is 16.6. The van der Waals surface area contributed by atoms with Crippen molar-refractivity contribution < 1.29 is 18.7 Å². The summed E-state index contributed by atoms with van der Waals surface area (Å²) in [4.78, 5) is 12.5. The Morgan fingerprint density at radius 3 is 2.79 bits per heavy atom. The van der Waals surface area contributed by atoms with Crippen molar-refractivity contribution in [3.63, 3.8) is 0 Å². The van der Waals surface area contributed by atoms with E-state index in [0.717, 1.165) is 10.8 Å². The number of nitrogens with zero attached hydrogens (tertiary/aromatic N) is 2. The SMILES string of the molecule is O=C(Nc1nnc(C2=COCCO2)o1)c1cccc2ccccc12. The van der Waals surface area contributed by atoms with Crippen LogP contribution >= 0.6 is 0 Å². The summed E-state index contributed by atoms with van der Waals surface area (Å²) in [6, 6.07) is 13.2. The third-order valence-corrected chi connectivity index (χ3v) is 3.54. The van der Waals surface area contributed by atoms with Gasteiger partial charge >= 0.3 is 6.01 Å². The Morgan fingerprint density at radius 1 is 1.04 bits per heavy atom. The van der Waals surface area contributed by atoms with Crippen molar-refractivity contribution in [1.29, 1.82) is 0 Å². The molecule has 24 heavy (non-hydrogen) atoms. The van der Waals surface area contributed by atoms with Crippen LogP contribution in [0.1, 0.15) is 16.2 Å². The zero-order valence-electron chi connectivity index (χ0n) is 12.6. The third kappa shape index (κ3) is 2.67. The molecular weight excluding hydrogens is 310 g/mol. The van der Waals surface area contributed by atoms with Crippen LogP contribution in [0.5, 0.6) is 0 Å². The van der Waals surface area contributed by atoms with Gasteiger partial charge in [-0.15, -0.1) is 5.10 Å². The van der Waals surface area contributed by atoms with Crippen molar-refractivity contribution in [2.45, 2.75) is 0 Å². The molecule has 2 heterocycles. The topological polar surface area (TPSA) is 86.5 Å². The molecule has 0 saturated carbocycles. The maximum Gasteiger partial charge on any atom is 0.322 e. The van der Waals surface area contributed by atoms with Crippen LogP contribution < -0.4 is 5.32 Å². The molecule has 1 aromatic heterocycles. The number of anilines is 1. The second kappa shape index (κ2) is 6.04. The molecule has 2 aromatic carbocycles. The Morgan fingerprint density at radius 2 is 1.92 bits per heavy atom. The van der Waals surface area contributed by atoms with Crippen LogP contribution in [0.25, 0.3) is 16.5 Å². The van der Waals surface area contributed by atoms with Crippen LogP contribution in [0.4, 0.5) is 6.01 Å². The van der Waals surface area contributed by atoms with Crippen molar-refractivity contribution in [3.05, 3.63) is 60.2 Å². The van der Waals surface area contributed by atoms with Gasteiger partial charge in [-0.1, -0.05) is 41.5 Å². The predicted molar refractivity (Wildman–Crippen MR) is 86.1 cm³/mol. The second-order valence-corrected chi connectivity index (χ2v) is 5.09. The Hall–Kier alpha value is -3.35. The van der Waals surface area contributed by atoms with Gasteiger partial charge in [-0.25, -0.2) is 0 Å². The Labute approximate surface area is 136 Å². The van der Waals surface area contributed by atoms with E-state index >= 15 is 0 Å². The minimum atomic E-state index is -0.322. The summed E-state index contributed by atoms with van der Waals surface area (Å²) in [5.74, 6) is 0.180. The lowest BCUT2D eigenvalue weighted by atomic mass is 10.0. The fraction of sp³-hybridized carbons (Fsp3) is 0.118. The van der Waals surface area contributed by atoms with Gasteiger partial charge in [-0.2, -0.15) is 0 Å². The van der Waals surface area contributed by atoms with Crippen molar-refractivity contribution >= 4 is 28.5 Å². The zero-order valence-corrected chi connectivity index (χ0v) is 12.6. The monoisotopic (exact) mass is 323 g/mol. The highest BCUT2D eigenvalue weighted by Gasteiger charge is 2.18. The summed E-state index contributed by atoms with van der Waals surface area (Å²) in [7, 11) is 0. The van der Waals surface area contributed by atoms with Gasteiger partial charge < -0.3 is 13.9 Å². The standard InChI is InChI=1S/C17H13N3O4/c21-15(13-7-3-5-11-4-1-2-6-12(11)13)18-17-20-19-16(24-17)14-10-22-8-9-23-14/h1-7,10H,8-9H2,(H,18,20,21). The molecule has 1 aliphatic rings. The number of carbonyl (C=O) groups is 1. The minimum Gasteiger partial charge on any atom is -0.494 e. The normalized spacial score (nSPS) is 13.8. The Bertz CT molecular complexity index is 927. The lowest BCUT2D eigenvalue weighted by Gasteiger charge is -2.11. The Balaban J connectivity index is 1.58. The molecule has 0 saturated heterocycles. The maximum atomic E-state index is 12.5. The first-order chi connectivity index (χ1) is 11.8. The van der Waals surface area contributed by atoms with E-state index in [2.05, 4.69) is 15.5 Å². The minimum absolute atomic E-state index is 0.00184. The predicted octanol–water partition coefficient (Wildman–Crippen LogP) is 2.82. The van der Waals surface area contributed by atoms with Gasteiger partial charge in [-0.05, 0) is 16.8 Å². The first-order valence-electron chi connectivity index (χ1n) is 7.39. The molecule has 4 rings (SSSR count). The molecule has 1 N–H and O–H groups in total. The van der Waals surface area contributed by atoms with E-state index in [1.807, 2.05) is 36.4 Å². The van der Waals surface area contributed by atoms with E-state index in [-0.39, 0.29) is 17.8 Å². The second-order valence-electron chi connectivity index (χ2n) is 5.09. The van der Waals surface area contributed by atoms with E-state index in [1.54, 1.807) is 6.07 Å². The van der Waals surface area contributed by atoms with Gasteiger partial charge in [0, 0.05) is 5.56 Å². The first-order valence-corrected chi connectivity index (χ1v) is 7.39. The summed E-state index contributed by atoms with van der Waals surface area (Å²) in [6.07, 6.45) is 1.41. The van der Waals surface area contributed by atoms with Gasteiger partial charge in [0.2, 0.25) is 5.76 Å². The molecule has 0 spiro atoms. The van der Waals surface area contributed by atoms with Gasteiger partial charge in [-0.3, -0.25) is 10.1 Å². The van der Waals surface area contributed by atoms with Gasteiger partial charge in [0.05, 0.1) is 0 Å². The number of aromatic nitrogens is 2. The summed E-state index contributed by atoms with van der Waals surface area (Å²) in [5, 5.41) is 12.1. The number of fused-ring (bicyclic) bond motifs is 1. The molecule has 7 nitrogen and oxygen atoms in total. The van der Waals surface area contributed by atoms with Gasteiger partial charge in [0.1, 0.15) is 19.5 Å². The van der Waals surface area contributed by atoms with Crippen LogP contribution in [-0.4, -0.2) is 29.3 Å². The first kappa shape index (κ1) is 14.3. The number of benzene rings is 2. The van der Waals surface area contributed by atoms with Crippen LogP contribution in [0, 0.1) is 0 Å². The molecule has 0 atom stereocenters. The smallest absolute Gasteiger partial charge is 0.322 e. The number of hydrogen-bond acceptors (Lipinski definition) is 6. The van der Waals surface area contributed by atoms with Crippen LogP contribution in [0.3, 0.4) is 0 Å². The van der Waals surface area contributed by atoms with Crippen molar-refractivity contribution in [1.82, 2.24) is 10.2 Å². The van der Waals surface area contributed by atoms with Crippen LogP contribution in [0.2, 0.25) is 0 Å². The number of hydrogen-bond donors (Lipinski definition) is 1. The van der Waals surface area contributed by atoms with E-state index in [9.17, 15) is 4.79 Å². The molecule has 1 amide bonds. The molecule has 3 aromatic rings. The van der Waals surface area contributed by atoms with Crippen molar-refractivity contribution in [3.8, 4) is 0 Å². The molecule has 0 fully saturated rings. The zero-order chi connectivity index (χ0) is 16.4. The quantitative estimate of drug-likeness (QED) is 0.797. The lowest BCUT2D eigenvalue weighted by molar-refractivity contribution is 0.102. The van der Waals surface area contributed by atoms with Gasteiger partial charge in [0.15, 0.2) is 0 Å². The molecule has 0 aliphatic carbocycles. The molecule has 0 unspecified atom stereocenters. The number of rotatable bonds is 3. The van der Waals surface area contributed by atoms with Gasteiger partial charge in [0.25, 0.3) is 11.8 Å². The lowest BCUT2D eigenvalue weighted by Crippen LogP contribution is -2.12. The largest absolute Gasteiger partial charge is 0.494 e. The van der Waals surface area contributed by atoms with E-state index in [4.69, 9.17) is 13.9 Å². The molecule has 0 radical (unpaired) electrons. The molecular formula is C17H13N3O4. The number of amides is 1. The molecule has 0 bridgehead atoms. The average molecular weight is 323 g/mol. The molecule has 7 heteroatoms. The van der Waals surface area contributed by atoms with Crippen molar-refractivity contribution in [2.24, 2.45) is 0 Å². The summed E-state index contributed by atoms with van der Waals surface area (Å²) in [5.41, 5.74) is 0.532. The maximum absolute atomic E-state index is 12.5. The number of ether oxygens (including phenoxy) is 2. The van der Waals surface area contributed by atoms with Crippen LogP contribution in [0.15, 0.2) is 53.1 Å². The summed E-state index contributed by atoms with van der Waals surface area (Å²) in [6.45, 7) is 0.883. The highest BCUT2D eigenvalue weighted by Crippen LogP contribution is 2.22. The van der Waals surface area contributed by atoms with Crippen molar-refractivity contribution in [2.75, 3.05) is 18.5 Å². The number of carbonyl (C=O) groups excluding carboxylic acids is 1.